The zero-order valence-corrected chi connectivity index (χ0v) is 22.4. The van der Waals surface area contributed by atoms with Crippen LogP contribution < -0.4 is 15.1 Å². The summed E-state index contributed by atoms with van der Waals surface area (Å²) in [6.45, 7) is 11.7. The number of hydrogen-bond donors (Lipinski definition) is 1. The zero-order chi connectivity index (χ0) is 26.5. The van der Waals surface area contributed by atoms with Crippen LogP contribution in [0.3, 0.4) is 0 Å². The number of rotatable bonds is 2. The second kappa shape index (κ2) is 9.24. The molecular formula is C27H35N7O3. The van der Waals surface area contributed by atoms with Gasteiger partial charge >= 0.3 is 12.1 Å². The topological polar surface area (TPSA) is 95.8 Å². The van der Waals surface area contributed by atoms with Crippen molar-refractivity contribution in [1.82, 2.24) is 19.7 Å². The number of ether oxygens (including phenoxy) is 1. The Morgan fingerprint density at radius 1 is 1.11 bits per heavy atom. The summed E-state index contributed by atoms with van der Waals surface area (Å²) < 4.78 is 7.41. The number of pyridine rings is 1. The highest BCUT2D eigenvalue weighted by Crippen LogP contribution is 2.36. The maximum atomic E-state index is 13.2. The van der Waals surface area contributed by atoms with Gasteiger partial charge in [-0.05, 0) is 65.3 Å². The molecule has 0 unspecified atom stereocenters. The summed E-state index contributed by atoms with van der Waals surface area (Å²) in [4.78, 5) is 36.5. The molecule has 3 amide bonds. The van der Waals surface area contributed by atoms with Crippen LogP contribution in [0.1, 0.15) is 40.2 Å². The van der Waals surface area contributed by atoms with E-state index in [4.69, 9.17) is 4.74 Å². The highest BCUT2D eigenvalue weighted by molar-refractivity contribution is 6.03. The van der Waals surface area contributed by atoms with Crippen LogP contribution in [0.15, 0.2) is 36.7 Å². The van der Waals surface area contributed by atoms with Crippen molar-refractivity contribution in [3.8, 4) is 0 Å². The fraction of sp³-hybridized carbons (Fsp3) is 0.481. The van der Waals surface area contributed by atoms with Gasteiger partial charge in [-0.15, -0.1) is 0 Å². The highest BCUT2D eigenvalue weighted by atomic mass is 16.6. The van der Waals surface area contributed by atoms with Crippen LogP contribution in [0.4, 0.5) is 26.8 Å². The Morgan fingerprint density at radius 2 is 1.84 bits per heavy atom. The molecule has 10 heteroatoms. The minimum absolute atomic E-state index is 0.0226. The minimum atomic E-state index is -0.534. The largest absolute Gasteiger partial charge is 0.444 e. The van der Waals surface area contributed by atoms with Gasteiger partial charge in [-0.25, -0.2) is 14.6 Å². The van der Waals surface area contributed by atoms with E-state index in [9.17, 15) is 9.59 Å². The maximum Gasteiger partial charge on any atom is 0.410 e. The number of urea groups is 1. The molecule has 196 valence electrons. The van der Waals surface area contributed by atoms with Gasteiger partial charge in [-0.1, -0.05) is 0 Å². The first kappa shape index (κ1) is 24.9. The lowest BCUT2D eigenvalue weighted by atomic mass is 10.1. The van der Waals surface area contributed by atoms with Gasteiger partial charge in [0.1, 0.15) is 11.4 Å². The number of aromatic nitrogens is 3. The molecule has 2 atom stereocenters. The van der Waals surface area contributed by atoms with E-state index in [0.29, 0.717) is 25.5 Å². The number of carbonyl (C=O) groups is 2. The number of amides is 3. The lowest BCUT2D eigenvalue weighted by Gasteiger charge is -2.45. The Morgan fingerprint density at radius 3 is 2.54 bits per heavy atom. The first-order valence-corrected chi connectivity index (χ1v) is 12.8. The lowest BCUT2D eigenvalue weighted by molar-refractivity contribution is 0.00565. The molecule has 10 nitrogen and oxygen atoms in total. The fourth-order valence-corrected chi connectivity index (χ4v) is 5.38. The van der Waals surface area contributed by atoms with Crippen LogP contribution in [0.5, 0.6) is 0 Å². The highest BCUT2D eigenvalue weighted by Gasteiger charge is 2.37. The molecule has 37 heavy (non-hydrogen) atoms. The molecule has 2 aromatic heterocycles. The van der Waals surface area contributed by atoms with Crippen molar-refractivity contribution >= 4 is 40.2 Å². The molecule has 0 aliphatic carbocycles. The number of piperazine rings is 1. The van der Waals surface area contributed by atoms with Crippen LogP contribution in [0.25, 0.3) is 10.9 Å². The Hall–Kier alpha value is -3.82. The lowest BCUT2D eigenvalue weighted by Crippen LogP contribution is -2.59. The molecule has 5 rings (SSSR count). The summed E-state index contributed by atoms with van der Waals surface area (Å²) in [6.07, 6.45) is 4.13. The molecule has 0 radical (unpaired) electrons. The van der Waals surface area contributed by atoms with E-state index in [0.717, 1.165) is 34.3 Å². The fourth-order valence-electron chi connectivity index (χ4n) is 5.38. The van der Waals surface area contributed by atoms with Gasteiger partial charge in [0.05, 0.1) is 17.6 Å². The molecule has 1 N–H and O–H groups in total. The van der Waals surface area contributed by atoms with Gasteiger partial charge in [-0.2, -0.15) is 5.10 Å². The number of anilines is 3. The molecule has 2 aliphatic rings. The number of nitrogens with one attached hydrogen (secondary N) is 1. The molecule has 4 heterocycles. The van der Waals surface area contributed by atoms with Crippen LogP contribution in [-0.4, -0.2) is 69.1 Å². The number of fused-ring (bicyclic) bond motifs is 2. The average Bonchev–Trinajstić information content (AvgIpc) is 3.39. The monoisotopic (exact) mass is 505 g/mol. The van der Waals surface area contributed by atoms with Gasteiger partial charge < -0.3 is 15.0 Å². The SMILES string of the molecule is C[C@@H]1CN(c2ccnc3c2CCN3C(=O)Nc2ccc3nn(C)cc3c2)C[C@H](C)N1C(=O)OC(C)(C)C. The second-order valence-corrected chi connectivity index (χ2v) is 11.0. The number of aryl methyl sites for hydroxylation is 1. The Kier molecular flexibility index (Phi) is 6.21. The second-order valence-electron chi connectivity index (χ2n) is 11.0. The van der Waals surface area contributed by atoms with E-state index < -0.39 is 5.60 Å². The zero-order valence-electron chi connectivity index (χ0n) is 22.4. The molecule has 1 saturated heterocycles. The van der Waals surface area contributed by atoms with Gasteiger partial charge in [-0.3, -0.25) is 14.5 Å². The normalized spacial score (nSPS) is 19.8. The Balaban J connectivity index is 1.32. The van der Waals surface area contributed by atoms with Crippen molar-refractivity contribution in [2.24, 2.45) is 7.05 Å². The van der Waals surface area contributed by atoms with Crippen LogP contribution in [-0.2, 0) is 18.2 Å². The Bertz CT molecular complexity index is 1330. The third kappa shape index (κ3) is 4.92. The van der Waals surface area contributed by atoms with Gasteiger partial charge in [0.25, 0.3) is 0 Å². The van der Waals surface area contributed by atoms with E-state index >= 15 is 0 Å². The predicted molar refractivity (Wildman–Crippen MR) is 144 cm³/mol. The van der Waals surface area contributed by atoms with Crippen molar-refractivity contribution < 1.29 is 14.3 Å². The number of carbonyl (C=O) groups excluding carboxylic acids is 2. The molecule has 0 spiro atoms. The van der Waals surface area contributed by atoms with E-state index in [1.54, 1.807) is 15.8 Å². The summed E-state index contributed by atoms with van der Waals surface area (Å²) in [5.74, 6) is 0.687. The first-order valence-electron chi connectivity index (χ1n) is 12.8. The molecule has 1 aromatic carbocycles. The van der Waals surface area contributed by atoms with Gasteiger partial charge in [0.15, 0.2) is 0 Å². The quantitative estimate of drug-likeness (QED) is 0.555. The molecular weight excluding hydrogens is 470 g/mol. The summed E-state index contributed by atoms with van der Waals surface area (Å²) >= 11 is 0. The summed E-state index contributed by atoms with van der Waals surface area (Å²) in [5, 5.41) is 8.37. The Labute approximate surface area is 217 Å². The number of nitrogens with zero attached hydrogens (tertiary/aromatic N) is 6. The van der Waals surface area contributed by atoms with Crippen molar-refractivity contribution in [1.29, 1.82) is 0 Å². The molecule has 2 aliphatic heterocycles. The molecule has 0 bridgehead atoms. The molecule has 1 fully saturated rings. The summed E-state index contributed by atoms with van der Waals surface area (Å²) in [6, 6.07) is 7.45. The van der Waals surface area contributed by atoms with Crippen LogP contribution in [0.2, 0.25) is 0 Å². The average molecular weight is 506 g/mol. The number of benzene rings is 1. The van der Waals surface area contributed by atoms with E-state index in [1.165, 1.54) is 0 Å². The first-order chi connectivity index (χ1) is 17.5. The van der Waals surface area contributed by atoms with Gasteiger partial charge in [0.2, 0.25) is 0 Å². The molecule has 3 aromatic rings. The van der Waals surface area contributed by atoms with E-state index in [2.05, 4.69) is 20.3 Å². The van der Waals surface area contributed by atoms with Crippen molar-refractivity contribution in [2.45, 2.75) is 58.7 Å². The van der Waals surface area contributed by atoms with Crippen molar-refractivity contribution in [2.75, 3.05) is 34.8 Å². The van der Waals surface area contributed by atoms with E-state index in [-0.39, 0.29) is 24.2 Å². The smallest absolute Gasteiger partial charge is 0.410 e. The predicted octanol–water partition coefficient (Wildman–Crippen LogP) is 4.40. The van der Waals surface area contributed by atoms with Crippen molar-refractivity contribution in [3.05, 3.63) is 42.2 Å². The third-order valence-electron chi connectivity index (χ3n) is 6.83. The standard InChI is InChI=1S/C27H35N7O3/c1-17-14-32(15-18(2)34(17)26(36)37-27(3,4)5)23-9-11-28-24-21(23)10-12-33(24)25(35)29-20-7-8-22-19(13-20)16-31(6)30-22/h7-9,11,13,16-18H,10,12,14-15H2,1-6H3,(H,29,35)/t17-,18+. The maximum absolute atomic E-state index is 13.2. The molecule has 0 saturated carbocycles. The van der Waals surface area contributed by atoms with Crippen LogP contribution >= 0.6 is 0 Å². The number of hydrogen-bond acceptors (Lipinski definition) is 6. The van der Waals surface area contributed by atoms with Crippen LogP contribution in [0, 0.1) is 0 Å². The van der Waals surface area contributed by atoms with Crippen molar-refractivity contribution in [3.63, 3.8) is 0 Å². The van der Waals surface area contributed by atoms with E-state index in [1.807, 2.05) is 77.0 Å². The minimum Gasteiger partial charge on any atom is -0.444 e. The summed E-state index contributed by atoms with van der Waals surface area (Å²) in [7, 11) is 1.88. The summed E-state index contributed by atoms with van der Waals surface area (Å²) in [5.41, 5.74) is 3.20. The van der Waals surface area contributed by atoms with Gasteiger partial charge in [0, 0.05) is 61.4 Å². The third-order valence-corrected chi connectivity index (χ3v) is 6.83.